The Bertz CT molecular complexity index is 124. The van der Waals surface area contributed by atoms with Crippen LogP contribution >= 0.6 is 0 Å². The van der Waals surface area contributed by atoms with Crippen LogP contribution in [0.25, 0.3) is 0 Å². The molecule has 0 aliphatic heterocycles. The summed E-state index contributed by atoms with van der Waals surface area (Å²) < 4.78 is 0. The minimum Gasteiger partial charge on any atom is -0.545 e. The van der Waals surface area contributed by atoms with Crippen LogP contribution < -0.4 is 39.8 Å². The van der Waals surface area contributed by atoms with Crippen LogP contribution in [0.5, 0.6) is 0 Å². The normalized spacial score (nSPS) is 8.44. The van der Waals surface area contributed by atoms with Crippen LogP contribution in [0.1, 0.15) is 0 Å². The van der Waals surface area contributed by atoms with Crippen molar-refractivity contribution in [2.75, 3.05) is 0 Å². The molecule has 0 spiro atoms. The second-order valence-electron chi connectivity index (χ2n) is 0.971. The zero-order valence-corrected chi connectivity index (χ0v) is 6.79. The van der Waals surface area contributed by atoms with Crippen molar-refractivity contribution in [1.29, 1.82) is 0 Å². The van der Waals surface area contributed by atoms with Gasteiger partial charge in [-0.2, -0.15) is 0 Å². The van der Waals surface area contributed by atoms with Gasteiger partial charge in [-0.1, -0.05) is 0 Å². The Morgan fingerprint density at radius 3 is 1.33 bits per heavy atom. The second kappa shape index (κ2) is 5.81. The molecule has 0 aromatic carbocycles. The van der Waals surface area contributed by atoms with Crippen molar-refractivity contribution in [2.24, 2.45) is 0 Å². The van der Waals surface area contributed by atoms with Gasteiger partial charge in [0, 0.05) is 0 Å². The van der Waals surface area contributed by atoms with Crippen molar-refractivity contribution < 1.29 is 49.4 Å². The van der Waals surface area contributed by atoms with Gasteiger partial charge in [0.05, 0.1) is 11.9 Å². The van der Waals surface area contributed by atoms with E-state index < -0.39 is 11.9 Å². The number of carboxylic acid groups (broad SMARTS) is 2. The summed E-state index contributed by atoms with van der Waals surface area (Å²) in [4.78, 5) is 18.8. The molecule has 0 saturated heterocycles. The first kappa shape index (κ1) is 11.5. The van der Waals surface area contributed by atoms with Crippen molar-refractivity contribution in [2.45, 2.75) is 0 Å². The number of carbonyl (C=O) groups excluding carboxylic acids is 2. The molecule has 0 unspecified atom stereocenters. The van der Waals surface area contributed by atoms with Gasteiger partial charge in [0.25, 0.3) is 0 Å². The van der Waals surface area contributed by atoms with E-state index in [1.165, 1.54) is 0 Å². The first-order chi connectivity index (χ1) is 3.63. The largest absolute Gasteiger partial charge is 1.00 e. The quantitative estimate of drug-likeness (QED) is 0.280. The Morgan fingerprint density at radius 1 is 1.00 bits per heavy atom. The molecule has 0 aliphatic carbocycles. The van der Waals surface area contributed by atoms with E-state index in [0.717, 1.165) is 0 Å². The van der Waals surface area contributed by atoms with E-state index in [4.69, 9.17) is 0 Å². The number of aliphatic carboxylic acids is 2. The zero-order valence-electron chi connectivity index (χ0n) is 4.79. The molecule has 44 valence electrons. The fraction of sp³-hybridized carbons (Fsp3) is 0. The molecule has 0 aromatic heterocycles. The van der Waals surface area contributed by atoms with Crippen molar-refractivity contribution in [3.05, 3.63) is 12.2 Å². The predicted octanol–water partition coefficient (Wildman–Crippen LogP) is -5.95. The summed E-state index contributed by atoms with van der Waals surface area (Å²) >= 11 is 0. The van der Waals surface area contributed by atoms with E-state index in [2.05, 4.69) is 0 Å². The molecule has 0 fully saturated rings. The number of carboxylic acids is 2. The Morgan fingerprint density at radius 2 is 1.22 bits per heavy atom. The van der Waals surface area contributed by atoms with Gasteiger partial charge in [0.2, 0.25) is 0 Å². The monoisotopic (exact) mass is 137 g/mol. The summed E-state index contributed by atoms with van der Waals surface area (Å²) in [5, 5.41) is 18.8. The second-order valence-corrected chi connectivity index (χ2v) is 0.971. The van der Waals surface area contributed by atoms with Crippen molar-refractivity contribution >= 4 is 11.9 Å². The van der Waals surface area contributed by atoms with Crippen LogP contribution in [0, 0.1) is 0 Å². The van der Waals surface area contributed by atoms with E-state index in [1.54, 1.807) is 0 Å². The summed E-state index contributed by atoms with van der Waals surface area (Å²) in [7, 11) is 0. The molecule has 0 heterocycles. The number of hydrogen-bond acceptors (Lipinski definition) is 4. The predicted molar refractivity (Wildman–Crippen MR) is 19.2 cm³/mol. The molecule has 0 bridgehead atoms. The maximum Gasteiger partial charge on any atom is 1.00 e. The van der Waals surface area contributed by atoms with Gasteiger partial charge in [-0.3, -0.25) is 0 Å². The van der Waals surface area contributed by atoms with E-state index in [0.29, 0.717) is 12.2 Å². The Labute approximate surface area is 73.5 Å². The number of rotatable bonds is 2. The Kier molecular flexibility index (Phi) is 7.41. The van der Waals surface area contributed by atoms with Crippen LogP contribution in [0.3, 0.4) is 0 Å². The minimum atomic E-state index is -1.55. The molecular formula is C4H2NaO4-. The average Bonchev–Trinajstić information content (AvgIpc) is 1.61. The van der Waals surface area contributed by atoms with Gasteiger partial charge in [0.1, 0.15) is 0 Å². The third-order valence-electron chi connectivity index (χ3n) is 0.355. The molecule has 0 radical (unpaired) electrons. The maximum atomic E-state index is 9.41. The van der Waals surface area contributed by atoms with Gasteiger partial charge in [-0.05, 0) is 12.2 Å². The molecule has 9 heavy (non-hydrogen) atoms. The molecule has 0 rings (SSSR count). The molecular weight excluding hydrogens is 135 g/mol. The molecule has 5 heteroatoms. The van der Waals surface area contributed by atoms with E-state index in [1.807, 2.05) is 0 Å². The standard InChI is InChI=1S/C4H4O4.Na/c5-3(6)1-2-4(7)8;/h1-2H,(H,5,6)(H,7,8);/q;+1/p-2. The van der Waals surface area contributed by atoms with Crippen molar-refractivity contribution in [3.8, 4) is 0 Å². The van der Waals surface area contributed by atoms with Crippen LogP contribution in [0.2, 0.25) is 0 Å². The van der Waals surface area contributed by atoms with Gasteiger partial charge in [-0.25, -0.2) is 0 Å². The zero-order chi connectivity index (χ0) is 6.57. The van der Waals surface area contributed by atoms with Gasteiger partial charge >= 0.3 is 29.6 Å². The summed E-state index contributed by atoms with van der Waals surface area (Å²) in [5.74, 6) is -3.09. The van der Waals surface area contributed by atoms with Crippen LogP contribution in [0.4, 0.5) is 0 Å². The summed E-state index contributed by atoms with van der Waals surface area (Å²) in [6.07, 6.45) is 0.769. The minimum absolute atomic E-state index is 0. The third kappa shape index (κ3) is 11.3. The molecule has 0 saturated carbocycles. The molecule has 0 atom stereocenters. The van der Waals surface area contributed by atoms with Gasteiger partial charge in [0.15, 0.2) is 0 Å². The number of carbonyl (C=O) groups is 2. The van der Waals surface area contributed by atoms with Crippen LogP contribution in [-0.4, -0.2) is 11.9 Å². The van der Waals surface area contributed by atoms with E-state index in [-0.39, 0.29) is 29.6 Å². The fourth-order valence-corrected chi connectivity index (χ4v) is 0.136. The van der Waals surface area contributed by atoms with E-state index >= 15 is 0 Å². The summed E-state index contributed by atoms with van der Waals surface area (Å²) in [6.45, 7) is 0. The maximum absolute atomic E-state index is 9.41. The first-order valence-electron chi connectivity index (χ1n) is 1.73. The van der Waals surface area contributed by atoms with Gasteiger partial charge in [-0.15, -0.1) is 0 Å². The SMILES string of the molecule is O=C([O-])C=CC(=O)[O-].[Na+]. The Hall–Kier alpha value is -0.320. The van der Waals surface area contributed by atoms with Crippen molar-refractivity contribution in [3.63, 3.8) is 0 Å². The molecule has 0 amide bonds. The van der Waals surface area contributed by atoms with Crippen molar-refractivity contribution in [1.82, 2.24) is 0 Å². The molecule has 0 aromatic rings. The molecule has 0 aliphatic rings. The first-order valence-corrected chi connectivity index (χ1v) is 1.73. The van der Waals surface area contributed by atoms with Gasteiger partial charge < -0.3 is 19.8 Å². The average molecular weight is 137 g/mol. The number of hydrogen-bond donors (Lipinski definition) is 0. The van der Waals surface area contributed by atoms with E-state index in [9.17, 15) is 19.8 Å². The fourth-order valence-electron chi connectivity index (χ4n) is 0.136. The smallest absolute Gasteiger partial charge is 0.545 e. The molecule has 4 nitrogen and oxygen atoms in total. The van der Waals surface area contributed by atoms with Crippen LogP contribution in [0.15, 0.2) is 12.2 Å². The third-order valence-corrected chi connectivity index (χ3v) is 0.355. The Balaban J connectivity index is 0. The molecule has 0 N–H and O–H groups in total. The summed E-state index contributed by atoms with van der Waals surface area (Å²) in [6, 6.07) is 0. The van der Waals surface area contributed by atoms with Crippen LogP contribution in [-0.2, 0) is 9.59 Å². The summed E-state index contributed by atoms with van der Waals surface area (Å²) in [5.41, 5.74) is 0. The topological polar surface area (TPSA) is 80.3 Å².